The van der Waals surface area contributed by atoms with E-state index in [1.54, 1.807) is 0 Å². The maximum absolute atomic E-state index is 6.27. The van der Waals surface area contributed by atoms with Gasteiger partial charge in [-0.2, -0.15) is 0 Å². The zero-order valence-corrected chi connectivity index (χ0v) is 13.8. The maximum Gasteiger partial charge on any atom is 0.157 e. The third-order valence-corrected chi connectivity index (χ3v) is 5.11. The van der Waals surface area contributed by atoms with Gasteiger partial charge in [0.1, 0.15) is 17.6 Å². The van der Waals surface area contributed by atoms with E-state index in [2.05, 4.69) is 44.5 Å². The highest BCUT2D eigenvalue weighted by Gasteiger charge is 2.44. The molecule has 1 aliphatic heterocycles. The van der Waals surface area contributed by atoms with E-state index in [1.807, 2.05) is 7.05 Å². The predicted molar refractivity (Wildman–Crippen MR) is 91.2 cm³/mol. The Kier molecular flexibility index (Phi) is 3.62. The molecule has 4 rings (SSSR count). The highest BCUT2D eigenvalue weighted by atomic mass is 35.5. The van der Waals surface area contributed by atoms with Crippen LogP contribution in [0.4, 0.5) is 11.5 Å². The lowest BCUT2D eigenvalue weighted by Crippen LogP contribution is -2.49. The number of nitrogens with zero attached hydrogens (tertiary/aromatic N) is 3. The van der Waals surface area contributed by atoms with Gasteiger partial charge in [-0.15, -0.1) is 0 Å². The first kappa shape index (κ1) is 14.7. The Hall–Kier alpha value is -1.85. The van der Waals surface area contributed by atoms with E-state index in [4.69, 9.17) is 16.3 Å². The molecule has 1 aromatic heterocycles. The van der Waals surface area contributed by atoms with Crippen LogP contribution in [0.5, 0.6) is 0 Å². The summed E-state index contributed by atoms with van der Waals surface area (Å²) in [6.07, 6.45) is 3.59. The fraction of sp³-hybridized carbons (Fsp3) is 0.412. The van der Waals surface area contributed by atoms with Crippen molar-refractivity contribution in [1.82, 2.24) is 9.97 Å². The molecule has 1 fully saturated rings. The summed E-state index contributed by atoms with van der Waals surface area (Å²) in [4.78, 5) is 10.8. The standard InChI is InChI=1S/C17H19ClN4O/c1-19-14-15(18)20-11-21-16(14)22-8-9-23-17(10-22)7-6-12-4-2-3-5-13(12)17/h2-5,11,19H,6-10H2,1H3. The molecule has 23 heavy (non-hydrogen) atoms. The van der Waals surface area contributed by atoms with Crippen LogP contribution >= 0.6 is 11.6 Å². The lowest BCUT2D eigenvalue weighted by atomic mass is 9.93. The number of fused-ring (bicyclic) bond motifs is 2. The molecule has 2 heterocycles. The number of halogens is 1. The first-order valence-corrected chi connectivity index (χ1v) is 8.27. The molecular weight excluding hydrogens is 312 g/mol. The zero-order chi connectivity index (χ0) is 15.9. The summed E-state index contributed by atoms with van der Waals surface area (Å²) >= 11 is 6.21. The summed E-state index contributed by atoms with van der Waals surface area (Å²) in [6.45, 7) is 2.26. The van der Waals surface area contributed by atoms with Crippen molar-refractivity contribution in [3.63, 3.8) is 0 Å². The molecule has 120 valence electrons. The van der Waals surface area contributed by atoms with Gasteiger partial charge in [-0.3, -0.25) is 0 Å². The maximum atomic E-state index is 6.27. The van der Waals surface area contributed by atoms with E-state index < -0.39 is 0 Å². The highest BCUT2D eigenvalue weighted by Crippen LogP contribution is 2.43. The molecule has 1 N–H and O–H groups in total. The lowest BCUT2D eigenvalue weighted by molar-refractivity contribution is -0.0593. The molecule has 0 saturated carbocycles. The number of nitrogens with one attached hydrogen (secondary N) is 1. The van der Waals surface area contributed by atoms with Crippen LogP contribution in [-0.2, 0) is 16.8 Å². The minimum atomic E-state index is -0.239. The molecular formula is C17H19ClN4O. The highest BCUT2D eigenvalue weighted by molar-refractivity contribution is 6.32. The molecule has 2 aliphatic rings. The third-order valence-electron chi connectivity index (χ3n) is 4.82. The molecule has 6 heteroatoms. The van der Waals surface area contributed by atoms with Crippen molar-refractivity contribution in [2.75, 3.05) is 37.0 Å². The summed E-state index contributed by atoms with van der Waals surface area (Å²) in [6, 6.07) is 8.58. The van der Waals surface area contributed by atoms with Gasteiger partial charge in [-0.25, -0.2) is 9.97 Å². The summed E-state index contributed by atoms with van der Waals surface area (Å²) in [7, 11) is 1.84. The number of aromatic nitrogens is 2. The van der Waals surface area contributed by atoms with Crippen LogP contribution in [0.2, 0.25) is 5.15 Å². The quantitative estimate of drug-likeness (QED) is 0.858. The van der Waals surface area contributed by atoms with E-state index >= 15 is 0 Å². The zero-order valence-electron chi connectivity index (χ0n) is 13.1. The molecule has 0 radical (unpaired) electrons. The van der Waals surface area contributed by atoms with Gasteiger partial charge in [0.25, 0.3) is 0 Å². The fourth-order valence-electron chi connectivity index (χ4n) is 3.74. The SMILES string of the molecule is CNc1c(Cl)ncnc1N1CCOC2(CCc3ccccc32)C1. The molecule has 1 spiro atoms. The van der Waals surface area contributed by atoms with Crippen LogP contribution in [0, 0.1) is 0 Å². The minimum absolute atomic E-state index is 0.239. The molecule has 1 aliphatic carbocycles. The number of ether oxygens (including phenoxy) is 1. The first-order valence-electron chi connectivity index (χ1n) is 7.89. The number of aryl methyl sites for hydroxylation is 1. The van der Waals surface area contributed by atoms with Crippen molar-refractivity contribution in [1.29, 1.82) is 0 Å². The van der Waals surface area contributed by atoms with E-state index in [9.17, 15) is 0 Å². The van der Waals surface area contributed by atoms with Gasteiger partial charge in [-0.05, 0) is 24.0 Å². The number of anilines is 2. The molecule has 1 aromatic carbocycles. The number of morpholine rings is 1. The van der Waals surface area contributed by atoms with E-state index in [-0.39, 0.29) is 5.60 Å². The Bertz CT molecular complexity index is 734. The van der Waals surface area contributed by atoms with Crippen LogP contribution in [0.25, 0.3) is 0 Å². The van der Waals surface area contributed by atoms with Crippen LogP contribution in [0.1, 0.15) is 17.5 Å². The fourth-order valence-corrected chi connectivity index (χ4v) is 3.97. The molecule has 0 amide bonds. The van der Waals surface area contributed by atoms with Gasteiger partial charge in [0.15, 0.2) is 11.0 Å². The van der Waals surface area contributed by atoms with Crippen molar-refractivity contribution in [2.24, 2.45) is 0 Å². The molecule has 1 unspecified atom stereocenters. The van der Waals surface area contributed by atoms with Crippen molar-refractivity contribution >= 4 is 23.1 Å². The smallest absolute Gasteiger partial charge is 0.157 e. The number of hydrogen-bond acceptors (Lipinski definition) is 5. The molecule has 1 atom stereocenters. The number of benzene rings is 1. The Labute approximate surface area is 140 Å². The van der Waals surface area contributed by atoms with Crippen LogP contribution in [-0.4, -0.2) is 36.7 Å². The second kappa shape index (κ2) is 5.65. The van der Waals surface area contributed by atoms with E-state index in [1.165, 1.54) is 17.5 Å². The second-order valence-electron chi connectivity index (χ2n) is 6.03. The molecule has 1 saturated heterocycles. The average molecular weight is 331 g/mol. The minimum Gasteiger partial charge on any atom is -0.383 e. The normalized spacial score (nSPS) is 23.1. The Balaban J connectivity index is 1.71. The van der Waals surface area contributed by atoms with Crippen molar-refractivity contribution in [2.45, 2.75) is 18.4 Å². The second-order valence-corrected chi connectivity index (χ2v) is 6.39. The van der Waals surface area contributed by atoms with Gasteiger partial charge in [0, 0.05) is 13.6 Å². The van der Waals surface area contributed by atoms with Crippen LogP contribution < -0.4 is 10.2 Å². The van der Waals surface area contributed by atoms with Crippen molar-refractivity contribution in [3.8, 4) is 0 Å². The monoisotopic (exact) mass is 330 g/mol. The largest absolute Gasteiger partial charge is 0.383 e. The van der Waals surface area contributed by atoms with Crippen molar-refractivity contribution < 1.29 is 4.74 Å². The topological polar surface area (TPSA) is 50.3 Å². The summed E-state index contributed by atoms with van der Waals surface area (Å²) in [5.74, 6) is 0.847. The summed E-state index contributed by atoms with van der Waals surface area (Å²) in [5, 5.41) is 3.57. The lowest BCUT2D eigenvalue weighted by Gasteiger charge is -2.42. The average Bonchev–Trinajstić information content (AvgIpc) is 2.93. The Morgan fingerprint density at radius 1 is 1.30 bits per heavy atom. The predicted octanol–water partition coefficient (Wildman–Crippen LogP) is 2.85. The van der Waals surface area contributed by atoms with Gasteiger partial charge in [0.2, 0.25) is 0 Å². The summed E-state index contributed by atoms with van der Waals surface area (Å²) in [5.41, 5.74) is 3.24. The Morgan fingerprint density at radius 2 is 2.17 bits per heavy atom. The van der Waals surface area contributed by atoms with Crippen molar-refractivity contribution in [3.05, 3.63) is 46.9 Å². The van der Waals surface area contributed by atoms with Crippen LogP contribution in [0.15, 0.2) is 30.6 Å². The molecule has 0 bridgehead atoms. The molecule has 5 nitrogen and oxygen atoms in total. The number of rotatable bonds is 2. The van der Waals surface area contributed by atoms with E-state index in [0.717, 1.165) is 37.4 Å². The van der Waals surface area contributed by atoms with Gasteiger partial charge in [-0.1, -0.05) is 35.9 Å². The number of hydrogen-bond donors (Lipinski definition) is 1. The molecule has 2 aromatic rings. The van der Waals surface area contributed by atoms with Crippen LogP contribution in [0.3, 0.4) is 0 Å². The van der Waals surface area contributed by atoms with Gasteiger partial charge < -0.3 is 15.0 Å². The summed E-state index contributed by atoms with van der Waals surface area (Å²) < 4.78 is 6.27. The third kappa shape index (κ3) is 2.35. The van der Waals surface area contributed by atoms with Gasteiger partial charge in [0.05, 0.1) is 13.2 Å². The van der Waals surface area contributed by atoms with E-state index in [0.29, 0.717) is 11.8 Å². The van der Waals surface area contributed by atoms with Gasteiger partial charge >= 0.3 is 0 Å². The Morgan fingerprint density at radius 3 is 3.04 bits per heavy atom. The first-order chi connectivity index (χ1) is 11.2.